The molecule has 1 saturated heterocycles. The molecule has 0 bridgehead atoms. The Bertz CT molecular complexity index is 469. The Kier molecular flexibility index (Phi) is 12.2. The van der Waals surface area contributed by atoms with Crippen molar-refractivity contribution in [3.8, 4) is 0 Å². The molecule has 3 N–H and O–H groups in total. The van der Waals surface area contributed by atoms with Crippen LogP contribution in [-0.4, -0.2) is 61.3 Å². The van der Waals surface area contributed by atoms with Gasteiger partial charge in [0.25, 0.3) is 0 Å². The summed E-state index contributed by atoms with van der Waals surface area (Å²) in [6, 6.07) is -0.784. The Hall–Kier alpha value is -1.87. The number of rotatable bonds is 7. The molecule has 0 aromatic carbocycles. The Morgan fingerprint density at radius 2 is 1.68 bits per heavy atom. The third kappa shape index (κ3) is 11.8. The molecule has 2 rings (SSSR count). The number of esters is 1. The second-order valence-corrected chi connectivity index (χ2v) is 6.99. The van der Waals surface area contributed by atoms with Gasteiger partial charge in [0, 0.05) is 32.7 Å². The first-order valence-corrected chi connectivity index (χ1v) is 10.1. The molecule has 0 aromatic heterocycles. The summed E-state index contributed by atoms with van der Waals surface area (Å²) in [4.78, 5) is 34.1. The first-order valence-electron chi connectivity index (χ1n) is 10.1. The molecule has 0 radical (unpaired) electrons. The van der Waals surface area contributed by atoms with Gasteiger partial charge in [-0.3, -0.25) is 9.59 Å². The molecule has 1 heterocycles. The molecule has 1 aliphatic carbocycles. The standard InChI is InChI=1S/C14H24N2O7.C5H10/c1-9(13(19)15-6-3-12(18)22-10(2)17)16-14(20)23-11-4-7-21-8-5-11;1-2-4-5-3-1/h9,11-12,18H,3-8H2,1-2H3,(H,15,19)(H,16,20);1-5H2/t9-,12?;/m0./s1. The van der Waals surface area contributed by atoms with Gasteiger partial charge in [0.1, 0.15) is 12.1 Å². The fourth-order valence-corrected chi connectivity index (χ4v) is 2.83. The number of nitrogens with one attached hydrogen (secondary N) is 2. The van der Waals surface area contributed by atoms with Crippen molar-refractivity contribution in [1.29, 1.82) is 0 Å². The number of aliphatic hydroxyl groups is 1. The third-order valence-corrected chi connectivity index (χ3v) is 4.41. The van der Waals surface area contributed by atoms with Crippen LogP contribution in [0.3, 0.4) is 0 Å². The highest BCUT2D eigenvalue weighted by molar-refractivity contribution is 5.85. The average Bonchev–Trinajstić information content (AvgIpc) is 3.21. The van der Waals surface area contributed by atoms with E-state index in [9.17, 15) is 19.5 Å². The topological polar surface area (TPSA) is 123 Å². The third-order valence-electron chi connectivity index (χ3n) is 4.41. The van der Waals surface area contributed by atoms with E-state index in [1.54, 1.807) is 0 Å². The summed E-state index contributed by atoms with van der Waals surface area (Å²) in [6.07, 6.45) is 6.72. The largest absolute Gasteiger partial charge is 0.446 e. The minimum Gasteiger partial charge on any atom is -0.446 e. The highest BCUT2D eigenvalue weighted by atomic mass is 16.6. The van der Waals surface area contributed by atoms with Crippen LogP contribution in [0.1, 0.15) is 65.2 Å². The smallest absolute Gasteiger partial charge is 0.408 e. The van der Waals surface area contributed by atoms with Gasteiger partial charge in [-0.1, -0.05) is 32.1 Å². The summed E-state index contributed by atoms with van der Waals surface area (Å²) in [6.45, 7) is 3.91. The lowest BCUT2D eigenvalue weighted by Gasteiger charge is -2.23. The SMILES string of the molecule is C1CCCC1.CC(=O)OC(O)CCNC(=O)[C@H](C)NC(=O)OC1CCOCC1. The van der Waals surface area contributed by atoms with Crippen LogP contribution in [0.5, 0.6) is 0 Å². The zero-order valence-corrected chi connectivity index (χ0v) is 16.9. The molecule has 0 aromatic rings. The maximum atomic E-state index is 11.8. The highest BCUT2D eigenvalue weighted by Crippen LogP contribution is 2.15. The highest BCUT2D eigenvalue weighted by Gasteiger charge is 2.21. The minimum absolute atomic E-state index is 0.0601. The van der Waals surface area contributed by atoms with Crippen LogP contribution < -0.4 is 10.6 Å². The van der Waals surface area contributed by atoms with Gasteiger partial charge < -0.3 is 30.0 Å². The van der Waals surface area contributed by atoms with Crippen molar-refractivity contribution >= 4 is 18.0 Å². The van der Waals surface area contributed by atoms with E-state index in [2.05, 4.69) is 15.4 Å². The number of alkyl carbamates (subject to hydrolysis) is 1. The van der Waals surface area contributed by atoms with Crippen molar-refractivity contribution in [1.82, 2.24) is 10.6 Å². The molecule has 9 nitrogen and oxygen atoms in total. The van der Waals surface area contributed by atoms with Gasteiger partial charge in [0.2, 0.25) is 12.2 Å². The van der Waals surface area contributed by atoms with E-state index in [1.807, 2.05) is 0 Å². The average molecular weight is 402 g/mol. The van der Waals surface area contributed by atoms with E-state index in [-0.39, 0.29) is 19.1 Å². The number of amides is 2. The van der Waals surface area contributed by atoms with Gasteiger partial charge in [-0.05, 0) is 6.92 Å². The molecule has 1 unspecified atom stereocenters. The molecule has 1 aliphatic heterocycles. The minimum atomic E-state index is -1.27. The lowest BCUT2D eigenvalue weighted by Crippen LogP contribution is -2.46. The summed E-state index contributed by atoms with van der Waals surface area (Å²) in [5, 5.41) is 14.3. The molecule has 0 spiro atoms. The predicted molar refractivity (Wildman–Crippen MR) is 101 cm³/mol. The normalized spacial score (nSPS) is 18.8. The molecule has 162 valence electrons. The first-order chi connectivity index (χ1) is 13.4. The maximum Gasteiger partial charge on any atom is 0.408 e. The zero-order chi connectivity index (χ0) is 20.8. The van der Waals surface area contributed by atoms with Crippen LogP contribution in [0.15, 0.2) is 0 Å². The summed E-state index contributed by atoms with van der Waals surface area (Å²) in [5.74, 6) is -1.03. The van der Waals surface area contributed by atoms with Gasteiger partial charge in [0.15, 0.2) is 0 Å². The summed E-state index contributed by atoms with van der Waals surface area (Å²) in [7, 11) is 0. The van der Waals surface area contributed by atoms with Crippen LogP contribution in [0.25, 0.3) is 0 Å². The molecule has 2 amide bonds. The zero-order valence-electron chi connectivity index (χ0n) is 16.9. The Labute approximate surface area is 166 Å². The maximum absolute atomic E-state index is 11.8. The molecular formula is C19H34N2O7. The molecule has 2 aliphatic rings. The quantitative estimate of drug-likeness (QED) is 0.437. The fourth-order valence-electron chi connectivity index (χ4n) is 2.83. The van der Waals surface area contributed by atoms with Crippen LogP contribution in [0, 0.1) is 0 Å². The van der Waals surface area contributed by atoms with Crippen LogP contribution in [0.4, 0.5) is 4.79 Å². The monoisotopic (exact) mass is 402 g/mol. The van der Waals surface area contributed by atoms with Crippen molar-refractivity contribution in [3.05, 3.63) is 0 Å². The van der Waals surface area contributed by atoms with E-state index in [0.717, 1.165) is 0 Å². The van der Waals surface area contributed by atoms with Crippen molar-refractivity contribution < 1.29 is 33.7 Å². The van der Waals surface area contributed by atoms with E-state index < -0.39 is 30.3 Å². The van der Waals surface area contributed by atoms with Crippen LogP contribution in [-0.2, 0) is 23.8 Å². The van der Waals surface area contributed by atoms with Gasteiger partial charge >= 0.3 is 12.1 Å². The number of carbonyl (C=O) groups is 3. The van der Waals surface area contributed by atoms with E-state index in [0.29, 0.717) is 26.1 Å². The van der Waals surface area contributed by atoms with Crippen molar-refractivity contribution in [2.24, 2.45) is 0 Å². The molecule has 28 heavy (non-hydrogen) atoms. The molecule has 2 atom stereocenters. The van der Waals surface area contributed by atoms with Crippen molar-refractivity contribution in [3.63, 3.8) is 0 Å². The Morgan fingerprint density at radius 1 is 1.11 bits per heavy atom. The molecule has 9 heteroatoms. The predicted octanol–water partition coefficient (Wildman–Crippen LogP) is 1.62. The lowest BCUT2D eigenvalue weighted by molar-refractivity contribution is -0.165. The van der Waals surface area contributed by atoms with Crippen LogP contribution >= 0.6 is 0 Å². The first kappa shape index (κ1) is 24.2. The number of carbonyl (C=O) groups excluding carboxylic acids is 3. The lowest BCUT2D eigenvalue weighted by atomic mass is 10.2. The van der Waals surface area contributed by atoms with Gasteiger partial charge in [-0.25, -0.2) is 4.79 Å². The Morgan fingerprint density at radius 3 is 2.21 bits per heavy atom. The summed E-state index contributed by atoms with van der Waals surface area (Å²) >= 11 is 0. The number of hydrogen-bond donors (Lipinski definition) is 3. The van der Waals surface area contributed by atoms with Gasteiger partial charge in [-0.2, -0.15) is 0 Å². The second-order valence-electron chi connectivity index (χ2n) is 6.99. The van der Waals surface area contributed by atoms with Gasteiger partial charge in [0.05, 0.1) is 13.2 Å². The Balaban J connectivity index is 0.000000674. The summed E-state index contributed by atoms with van der Waals surface area (Å²) < 4.78 is 14.9. The fraction of sp³-hybridized carbons (Fsp3) is 0.842. The molecular weight excluding hydrogens is 368 g/mol. The van der Waals surface area contributed by atoms with Crippen molar-refractivity contribution in [2.45, 2.75) is 83.6 Å². The molecule has 1 saturated carbocycles. The number of ether oxygens (including phenoxy) is 3. The molecule has 2 fully saturated rings. The van der Waals surface area contributed by atoms with Gasteiger partial charge in [-0.15, -0.1) is 0 Å². The van der Waals surface area contributed by atoms with Crippen LogP contribution in [0.2, 0.25) is 0 Å². The van der Waals surface area contributed by atoms with E-state index in [4.69, 9.17) is 9.47 Å². The van der Waals surface area contributed by atoms with E-state index in [1.165, 1.54) is 46.0 Å². The number of aliphatic hydroxyl groups excluding tert-OH is 1. The van der Waals surface area contributed by atoms with E-state index >= 15 is 0 Å². The van der Waals surface area contributed by atoms with Crippen molar-refractivity contribution in [2.75, 3.05) is 19.8 Å². The second kappa shape index (κ2) is 14.2. The summed E-state index contributed by atoms with van der Waals surface area (Å²) in [5.41, 5.74) is 0. The number of hydrogen-bond acceptors (Lipinski definition) is 7.